The van der Waals surface area contributed by atoms with Gasteiger partial charge in [-0.2, -0.15) is 0 Å². The third-order valence-corrected chi connectivity index (χ3v) is 7.69. The molecule has 38 heavy (non-hydrogen) atoms. The minimum atomic E-state index is -0.578. The van der Waals surface area contributed by atoms with Gasteiger partial charge in [0, 0.05) is 33.9 Å². The van der Waals surface area contributed by atoms with Gasteiger partial charge in [0.1, 0.15) is 16.4 Å². The fraction of sp³-hybridized carbons (Fsp3) is 0.133. The molecule has 0 bridgehead atoms. The zero-order chi connectivity index (χ0) is 26.8. The number of thiophene rings is 1. The van der Waals surface area contributed by atoms with E-state index in [-0.39, 0.29) is 11.7 Å². The van der Waals surface area contributed by atoms with Crippen LogP contribution in [0.5, 0.6) is 11.5 Å². The molecule has 1 amide bonds. The quantitative estimate of drug-likeness (QED) is 0.254. The lowest BCUT2D eigenvalue weighted by Gasteiger charge is -2.30. The molecule has 1 aliphatic rings. The molecule has 1 aliphatic heterocycles. The third kappa shape index (κ3) is 4.39. The third-order valence-electron chi connectivity index (χ3n) is 6.56. The highest BCUT2D eigenvalue weighted by atomic mass is 32.1. The summed E-state index contributed by atoms with van der Waals surface area (Å²) in [5.74, 6) is 0.0968. The second kappa shape index (κ2) is 10.4. The largest absolute Gasteiger partial charge is 0.496 e. The molecule has 3 aromatic carbocycles. The molecule has 5 rings (SSSR count). The molecule has 0 aliphatic carbocycles. The van der Waals surface area contributed by atoms with Gasteiger partial charge in [-0.3, -0.25) is 9.59 Å². The summed E-state index contributed by atoms with van der Waals surface area (Å²) >= 11 is 1.29. The maximum Gasteiger partial charge on any atom is 0.254 e. The van der Waals surface area contributed by atoms with Crippen LogP contribution in [0.25, 0.3) is 0 Å². The zero-order valence-electron chi connectivity index (χ0n) is 21.2. The minimum Gasteiger partial charge on any atom is -0.496 e. The number of hydrogen-bond donors (Lipinski definition) is 3. The van der Waals surface area contributed by atoms with E-state index in [1.165, 1.54) is 11.3 Å². The van der Waals surface area contributed by atoms with Gasteiger partial charge in [-0.05, 0) is 25.1 Å². The number of ether oxygens (including phenoxy) is 2. The van der Waals surface area contributed by atoms with Crippen LogP contribution in [0.1, 0.15) is 39.2 Å². The Kier molecular flexibility index (Phi) is 6.89. The Morgan fingerprint density at radius 2 is 1.53 bits per heavy atom. The lowest BCUT2D eigenvalue weighted by atomic mass is 9.80. The fourth-order valence-electron chi connectivity index (χ4n) is 4.78. The van der Waals surface area contributed by atoms with Crippen LogP contribution in [-0.4, -0.2) is 25.9 Å². The maximum atomic E-state index is 13.9. The molecule has 0 fully saturated rings. The van der Waals surface area contributed by atoms with Gasteiger partial charge in [-0.25, -0.2) is 0 Å². The normalized spacial score (nSPS) is 14.3. The van der Waals surface area contributed by atoms with Crippen LogP contribution < -0.4 is 25.8 Å². The predicted octanol–water partition coefficient (Wildman–Crippen LogP) is 6.05. The number of carbonyl (C=O) groups is 2. The molecule has 1 aromatic heterocycles. The van der Waals surface area contributed by atoms with Crippen LogP contribution in [0, 0.1) is 0 Å². The van der Waals surface area contributed by atoms with Crippen molar-refractivity contribution in [2.75, 3.05) is 30.6 Å². The molecule has 0 saturated heterocycles. The number of amides is 1. The van der Waals surface area contributed by atoms with Crippen molar-refractivity contribution in [1.82, 2.24) is 0 Å². The number of ketones is 1. The number of fused-ring (bicyclic) bond motifs is 1. The van der Waals surface area contributed by atoms with E-state index < -0.39 is 5.92 Å². The second-order valence-corrected chi connectivity index (χ2v) is 9.80. The van der Waals surface area contributed by atoms with Gasteiger partial charge in [0.25, 0.3) is 5.91 Å². The van der Waals surface area contributed by atoms with Crippen LogP contribution in [0.2, 0.25) is 0 Å². The Morgan fingerprint density at radius 3 is 2.24 bits per heavy atom. The minimum absolute atomic E-state index is 0.166. The summed E-state index contributed by atoms with van der Waals surface area (Å²) in [6.45, 7) is 1.84. The number of methoxy groups -OCH3 is 2. The van der Waals surface area contributed by atoms with E-state index in [4.69, 9.17) is 15.2 Å². The van der Waals surface area contributed by atoms with Crippen molar-refractivity contribution < 1.29 is 19.1 Å². The van der Waals surface area contributed by atoms with Crippen LogP contribution in [0.4, 0.5) is 16.4 Å². The summed E-state index contributed by atoms with van der Waals surface area (Å²) < 4.78 is 11.1. The van der Waals surface area contributed by atoms with Crippen molar-refractivity contribution >= 4 is 39.4 Å². The van der Waals surface area contributed by atoms with E-state index in [9.17, 15) is 9.59 Å². The Hall–Kier alpha value is -4.56. The summed E-state index contributed by atoms with van der Waals surface area (Å²) in [5.41, 5.74) is 10.7. The summed E-state index contributed by atoms with van der Waals surface area (Å²) in [6, 6.07) is 23.8. The first kappa shape index (κ1) is 25.1. The highest BCUT2D eigenvalue weighted by molar-refractivity contribution is 7.19. The highest BCUT2D eigenvalue weighted by Crippen LogP contribution is 2.52. The zero-order valence-corrected chi connectivity index (χ0v) is 22.0. The van der Waals surface area contributed by atoms with E-state index in [1.54, 1.807) is 38.5 Å². The van der Waals surface area contributed by atoms with E-state index in [1.807, 2.05) is 61.5 Å². The van der Waals surface area contributed by atoms with Gasteiger partial charge in [-0.15, -0.1) is 11.3 Å². The highest BCUT2D eigenvalue weighted by Gasteiger charge is 2.38. The van der Waals surface area contributed by atoms with Crippen LogP contribution in [0.15, 0.2) is 90.1 Å². The van der Waals surface area contributed by atoms with E-state index in [2.05, 4.69) is 10.6 Å². The summed E-state index contributed by atoms with van der Waals surface area (Å²) in [5, 5.41) is 7.07. The number of nitrogens with two attached hydrogens (primary N) is 1. The number of nitrogen functional groups attached to an aromatic ring is 1. The maximum absolute atomic E-state index is 13.9. The van der Waals surface area contributed by atoms with Crippen LogP contribution in [0.3, 0.4) is 0 Å². The number of para-hydroxylation sites is 3. The summed E-state index contributed by atoms with van der Waals surface area (Å²) in [6.07, 6.45) is 0. The number of hydrogen-bond acceptors (Lipinski definition) is 7. The molecule has 4 N–H and O–H groups in total. The van der Waals surface area contributed by atoms with Crippen molar-refractivity contribution in [1.29, 1.82) is 0 Å². The fourth-order valence-corrected chi connectivity index (χ4v) is 5.96. The first-order valence-corrected chi connectivity index (χ1v) is 12.8. The van der Waals surface area contributed by atoms with E-state index >= 15 is 0 Å². The van der Waals surface area contributed by atoms with Gasteiger partial charge < -0.3 is 25.8 Å². The molecule has 0 radical (unpaired) electrons. The van der Waals surface area contributed by atoms with Gasteiger partial charge >= 0.3 is 0 Å². The molecular formula is C30H27N3O4S. The van der Waals surface area contributed by atoms with E-state index in [0.717, 1.165) is 10.6 Å². The number of anilines is 3. The van der Waals surface area contributed by atoms with Crippen molar-refractivity contribution in [2.45, 2.75) is 12.8 Å². The molecule has 8 heteroatoms. The number of nitrogens with one attached hydrogen (secondary N) is 2. The number of rotatable bonds is 7. The number of carbonyl (C=O) groups excluding carboxylic acids is 2. The average Bonchev–Trinajstić information content (AvgIpc) is 3.27. The van der Waals surface area contributed by atoms with Gasteiger partial charge in [0.15, 0.2) is 0 Å². The average molecular weight is 526 g/mol. The number of allylic oxidation sites excluding steroid dienone is 1. The molecule has 7 nitrogen and oxygen atoms in total. The summed E-state index contributed by atoms with van der Waals surface area (Å²) in [4.78, 5) is 27.8. The van der Waals surface area contributed by atoms with Gasteiger partial charge in [-0.1, -0.05) is 60.7 Å². The topological polar surface area (TPSA) is 103 Å². The molecule has 1 atom stereocenters. The summed E-state index contributed by atoms with van der Waals surface area (Å²) in [7, 11) is 3.15. The molecule has 0 saturated carbocycles. The van der Waals surface area contributed by atoms with Crippen molar-refractivity contribution in [3.05, 3.63) is 112 Å². The molecular weight excluding hydrogens is 498 g/mol. The van der Waals surface area contributed by atoms with Gasteiger partial charge in [0.2, 0.25) is 5.78 Å². The molecule has 0 spiro atoms. The van der Waals surface area contributed by atoms with Crippen molar-refractivity contribution in [3.8, 4) is 11.5 Å². The lowest BCUT2D eigenvalue weighted by Crippen LogP contribution is -2.27. The Labute approximate surface area is 224 Å². The monoisotopic (exact) mass is 525 g/mol. The lowest BCUT2D eigenvalue weighted by molar-refractivity contribution is -0.113. The second-order valence-electron chi connectivity index (χ2n) is 8.78. The Balaban J connectivity index is 1.66. The predicted molar refractivity (Wildman–Crippen MR) is 151 cm³/mol. The Bertz CT molecular complexity index is 1560. The van der Waals surface area contributed by atoms with Crippen LogP contribution >= 0.6 is 11.3 Å². The number of benzene rings is 3. The Morgan fingerprint density at radius 1 is 0.895 bits per heavy atom. The van der Waals surface area contributed by atoms with Crippen molar-refractivity contribution in [3.63, 3.8) is 0 Å². The molecule has 4 aromatic rings. The smallest absolute Gasteiger partial charge is 0.254 e. The molecule has 192 valence electrons. The first-order valence-electron chi connectivity index (χ1n) is 12.0. The van der Waals surface area contributed by atoms with Gasteiger partial charge in [0.05, 0.1) is 30.6 Å². The molecule has 1 unspecified atom stereocenters. The SMILES string of the molecule is COc1ccccc1NC(=O)C1=C(C)Nc2sc(C(=O)c3ccccc3)c(N)c2C1c1ccccc1OC. The standard InChI is InChI=1S/C30H27N3O4S/c1-17-23(29(35)33-20-14-8-10-16-22(20)37-3)24(19-13-7-9-15-21(19)36-2)25-26(31)28(38-30(25)32-17)27(34)18-11-5-4-6-12-18/h4-16,24,32H,31H2,1-3H3,(H,33,35). The van der Waals surface area contributed by atoms with Crippen LogP contribution in [-0.2, 0) is 4.79 Å². The van der Waals surface area contributed by atoms with Crippen molar-refractivity contribution in [2.24, 2.45) is 0 Å². The van der Waals surface area contributed by atoms with E-state index in [0.29, 0.717) is 50.1 Å². The first-order chi connectivity index (χ1) is 18.4. The molecule has 2 heterocycles.